The van der Waals surface area contributed by atoms with Crippen LogP contribution < -0.4 is 0 Å². The molecule has 3 unspecified atom stereocenters. The molecule has 0 saturated heterocycles. The van der Waals surface area contributed by atoms with Crippen molar-refractivity contribution in [3.63, 3.8) is 0 Å². The lowest BCUT2D eigenvalue weighted by Gasteiger charge is -2.29. The van der Waals surface area contributed by atoms with Crippen LogP contribution in [0.15, 0.2) is 24.3 Å². The maximum absolute atomic E-state index is 10.2. The van der Waals surface area contributed by atoms with Crippen LogP contribution in [0, 0.1) is 5.92 Å². The summed E-state index contributed by atoms with van der Waals surface area (Å²) in [5, 5.41) is 10.2. The molecule has 0 radical (unpaired) electrons. The molecule has 112 valence electrons. The number of hydrogen-bond acceptors (Lipinski definition) is 2. The molecule has 1 aromatic rings. The molecule has 0 bridgehead atoms. The monoisotopic (exact) mass is 276 g/mol. The molecule has 2 nitrogen and oxygen atoms in total. The van der Waals surface area contributed by atoms with E-state index in [1.54, 1.807) is 0 Å². The van der Waals surface area contributed by atoms with Gasteiger partial charge in [0.05, 0.1) is 12.7 Å². The van der Waals surface area contributed by atoms with Gasteiger partial charge in [0.25, 0.3) is 0 Å². The first-order valence-electron chi connectivity index (χ1n) is 8.11. The lowest BCUT2D eigenvalue weighted by molar-refractivity contribution is -0.0339. The van der Waals surface area contributed by atoms with Crippen molar-refractivity contribution < 1.29 is 9.84 Å². The maximum atomic E-state index is 10.2. The van der Waals surface area contributed by atoms with Crippen molar-refractivity contribution in [2.24, 2.45) is 5.92 Å². The first kappa shape index (κ1) is 15.5. The van der Waals surface area contributed by atoms with E-state index in [4.69, 9.17) is 4.74 Å². The topological polar surface area (TPSA) is 29.5 Å². The second-order valence-corrected chi connectivity index (χ2v) is 6.01. The zero-order valence-electron chi connectivity index (χ0n) is 12.8. The third kappa shape index (κ3) is 4.32. The highest BCUT2D eigenvalue weighted by atomic mass is 16.5. The summed E-state index contributed by atoms with van der Waals surface area (Å²) in [6.07, 6.45) is 7.06. The van der Waals surface area contributed by atoms with Gasteiger partial charge in [0.15, 0.2) is 0 Å². The van der Waals surface area contributed by atoms with Gasteiger partial charge < -0.3 is 9.84 Å². The van der Waals surface area contributed by atoms with Gasteiger partial charge >= 0.3 is 0 Å². The summed E-state index contributed by atoms with van der Waals surface area (Å²) < 4.78 is 5.94. The Labute approximate surface area is 123 Å². The van der Waals surface area contributed by atoms with E-state index in [-0.39, 0.29) is 0 Å². The van der Waals surface area contributed by atoms with Crippen molar-refractivity contribution in [3.8, 4) is 0 Å². The van der Waals surface area contributed by atoms with Crippen molar-refractivity contribution in [3.05, 3.63) is 35.4 Å². The molecule has 1 aliphatic rings. The summed E-state index contributed by atoms with van der Waals surface area (Å²) in [4.78, 5) is 0. The van der Waals surface area contributed by atoms with Crippen LogP contribution in [0.3, 0.4) is 0 Å². The third-order valence-electron chi connectivity index (χ3n) is 4.57. The predicted octanol–water partition coefficient (Wildman–Crippen LogP) is 4.27. The van der Waals surface area contributed by atoms with Gasteiger partial charge in [0.1, 0.15) is 6.10 Å². The van der Waals surface area contributed by atoms with Crippen LogP contribution in [0.2, 0.25) is 0 Å². The SMILES string of the molecule is CCc1ccc(C(O)COC2CCCC(CC)C2)cc1. The fourth-order valence-corrected chi connectivity index (χ4v) is 3.06. The highest BCUT2D eigenvalue weighted by Gasteiger charge is 2.22. The fourth-order valence-electron chi connectivity index (χ4n) is 3.06. The molecule has 3 atom stereocenters. The van der Waals surface area contributed by atoms with Gasteiger partial charge in [0.2, 0.25) is 0 Å². The molecule has 1 N–H and O–H groups in total. The molecule has 1 fully saturated rings. The molecule has 0 aliphatic heterocycles. The van der Waals surface area contributed by atoms with Gasteiger partial charge in [-0.15, -0.1) is 0 Å². The van der Waals surface area contributed by atoms with Crippen LogP contribution in [0.1, 0.15) is 63.2 Å². The number of hydrogen-bond donors (Lipinski definition) is 1. The minimum atomic E-state index is -0.497. The highest BCUT2D eigenvalue weighted by molar-refractivity contribution is 5.24. The first-order valence-corrected chi connectivity index (χ1v) is 8.11. The van der Waals surface area contributed by atoms with Crippen LogP contribution >= 0.6 is 0 Å². The largest absolute Gasteiger partial charge is 0.386 e. The summed E-state index contributed by atoms with van der Waals surface area (Å²) in [7, 11) is 0. The number of benzene rings is 1. The van der Waals surface area contributed by atoms with Gasteiger partial charge in [-0.25, -0.2) is 0 Å². The predicted molar refractivity (Wildman–Crippen MR) is 82.8 cm³/mol. The summed E-state index contributed by atoms with van der Waals surface area (Å²) in [6, 6.07) is 8.21. The van der Waals surface area contributed by atoms with Crippen molar-refractivity contribution in [1.82, 2.24) is 0 Å². The molecule has 0 spiro atoms. The second-order valence-electron chi connectivity index (χ2n) is 6.01. The van der Waals surface area contributed by atoms with Crippen LogP contribution in [0.5, 0.6) is 0 Å². The summed E-state index contributed by atoms with van der Waals surface area (Å²) in [5.74, 6) is 0.815. The minimum absolute atomic E-state index is 0.346. The standard InChI is InChI=1S/C18H28O2/c1-3-14-8-10-16(11-9-14)18(19)13-20-17-7-5-6-15(4-2)12-17/h8-11,15,17-19H,3-7,12-13H2,1-2H3. The summed E-state index contributed by atoms with van der Waals surface area (Å²) in [6.45, 7) is 4.82. The van der Waals surface area contributed by atoms with Crippen molar-refractivity contribution in [1.29, 1.82) is 0 Å². The number of ether oxygens (including phenoxy) is 1. The van der Waals surface area contributed by atoms with Crippen molar-refractivity contribution in [2.75, 3.05) is 6.61 Å². The quantitative estimate of drug-likeness (QED) is 0.841. The summed E-state index contributed by atoms with van der Waals surface area (Å²) >= 11 is 0. The average molecular weight is 276 g/mol. The molecule has 2 rings (SSSR count). The highest BCUT2D eigenvalue weighted by Crippen LogP contribution is 2.29. The Kier molecular flexibility index (Phi) is 6.06. The number of aliphatic hydroxyl groups excluding tert-OH is 1. The number of rotatable bonds is 6. The van der Waals surface area contributed by atoms with Crippen LogP contribution in [0.4, 0.5) is 0 Å². The molecule has 1 aromatic carbocycles. The van der Waals surface area contributed by atoms with Gasteiger partial charge in [0, 0.05) is 0 Å². The maximum Gasteiger partial charge on any atom is 0.102 e. The van der Waals surface area contributed by atoms with E-state index in [1.165, 1.54) is 24.8 Å². The van der Waals surface area contributed by atoms with Crippen LogP contribution in [-0.2, 0) is 11.2 Å². The Morgan fingerprint density at radius 2 is 1.95 bits per heavy atom. The van der Waals surface area contributed by atoms with Crippen LogP contribution in [-0.4, -0.2) is 17.8 Å². The molecular formula is C18H28O2. The van der Waals surface area contributed by atoms with Gasteiger partial charge in [-0.2, -0.15) is 0 Å². The van der Waals surface area contributed by atoms with E-state index in [0.29, 0.717) is 12.7 Å². The fraction of sp³-hybridized carbons (Fsp3) is 0.667. The number of aryl methyl sites for hydroxylation is 1. The van der Waals surface area contributed by atoms with E-state index < -0.39 is 6.10 Å². The number of aliphatic hydroxyl groups is 1. The van der Waals surface area contributed by atoms with Crippen molar-refractivity contribution >= 4 is 0 Å². The lowest BCUT2D eigenvalue weighted by Crippen LogP contribution is -2.24. The Morgan fingerprint density at radius 1 is 1.20 bits per heavy atom. The summed E-state index contributed by atoms with van der Waals surface area (Å²) in [5.41, 5.74) is 2.27. The molecule has 1 saturated carbocycles. The second kappa shape index (κ2) is 7.80. The molecule has 20 heavy (non-hydrogen) atoms. The zero-order valence-corrected chi connectivity index (χ0v) is 12.8. The van der Waals surface area contributed by atoms with E-state index in [1.807, 2.05) is 12.1 Å². The van der Waals surface area contributed by atoms with Gasteiger partial charge in [-0.05, 0) is 36.3 Å². The Balaban J connectivity index is 1.80. The van der Waals surface area contributed by atoms with E-state index in [0.717, 1.165) is 30.7 Å². The normalized spacial score (nSPS) is 24.6. The van der Waals surface area contributed by atoms with Crippen LogP contribution in [0.25, 0.3) is 0 Å². The van der Waals surface area contributed by atoms with E-state index in [2.05, 4.69) is 26.0 Å². The molecule has 0 amide bonds. The lowest BCUT2D eigenvalue weighted by atomic mass is 9.85. The molecule has 0 heterocycles. The van der Waals surface area contributed by atoms with Gasteiger partial charge in [-0.1, -0.05) is 57.4 Å². The Morgan fingerprint density at radius 3 is 2.60 bits per heavy atom. The zero-order chi connectivity index (χ0) is 14.4. The molecule has 0 aromatic heterocycles. The van der Waals surface area contributed by atoms with E-state index >= 15 is 0 Å². The Hall–Kier alpha value is -0.860. The molecular weight excluding hydrogens is 248 g/mol. The van der Waals surface area contributed by atoms with Gasteiger partial charge in [-0.3, -0.25) is 0 Å². The first-order chi connectivity index (χ1) is 9.72. The minimum Gasteiger partial charge on any atom is -0.386 e. The third-order valence-corrected chi connectivity index (χ3v) is 4.57. The smallest absolute Gasteiger partial charge is 0.102 e. The molecule has 2 heteroatoms. The average Bonchev–Trinajstić information content (AvgIpc) is 2.53. The van der Waals surface area contributed by atoms with E-state index in [9.17, 15) is 5.11 Å². The van der Waals surface area contributed by atoms with Crippen molar-refractivity contribution in [2.45, 2.75) is 64.6 Å². The Bertz CT molecular complexity index is 385. The molecule has 1 aliphatic carbocycles.